The molecule has 1 amide bonds. The first-order chi connectivity index (χ1) is 14.5. The number of aryl methyl sites for hydroxylation is 1. The van der Waals surface area contributed by atoms with Crippen LogP contribution >= 0.6 is 0 Å². The smallest absolute Gasteiger partial charge is 0.275 e. The van der Waals surface area contributed by atoms with Gasteiger partial charge in [0.05, 0.1) is 24.3 Å². The molecule has 30 heavy (non-hydrogen) atoms. The van der Waals surface area contributed by atoms with Gasteiger partial charge in [-0.15, -0.1) is 0 Å². The molecule has 2 atom stereocenters. The molecule has 3 aliphatic rings. The van der Waals surface area contributed by atoms with Crippen molar-refractivity contribution in [2.24, 2.45) is 13.0 Å². The van der Waals surface area contributed by atoms with E-state index in [0.29, 0.717) is 18.2 Å². The number of likely N-dealkylation sites (N-methyl/N-ethyl adjacent to an activating group) is 1. The van der Waals surface area contributed by atoms with E-state index in [4.69, 9.17) is 4.74 Å². The number of rotatable bonds is 3. The van der Waals surface area contributed by atoms with Crippen LogP contribution in [0.1, 0.15) is 29.8 Å². The van der Waals surface area contributed by atoms with E-state index in [1.54, 1.807) is 4.68 Å². The highest BCUT2D eigenvalue weighted by Crippen LogP contribution is 2.38. The molecule has 0 N–H and O–H groups in total. The van der Waals surface area contributed by atoms with Crippen molar-refractivity contribution >= 4 is 16.8 Å². The number of piperidine rings is 1. The standard InChI is InChI=1S/C23H33N5O2/c1-25-10-12-27(13-11-25)15-18-14-23(30-16-18)8-5-9-28(17-23)22(29)21-19-6-3-4-7-20(19)26(2)24-21/h3-4,6-7,18H,5,8-17H2,1-2H3/t18-,23+/m1/s1. The largest absolute Gasteiger partial charge is 0.373 e. The zero-order valence-corrected chi connectivity index (χ0v) is 18.2. The van der Waals surface area contributed by atoms with E-state index in [1.807, 2.05) is 36.2 Å². The first kappa shape index (κ1) is 20.0. The van der Waals surface area contributed by atoms with Crippen LogP contribution in [-0.4, -0.2) is 95.5 Å². The van der Waals surface area contributed by atoms with Gasteiger partial charge in [-0.3, -0.25) is 9.48 Å². The zero-order valence-electron chi connectivity index (χ0n) is 18.2. The predicted octanol–water partition coefficient (Wildman–Crippen LogP) is 1.83. The summed E-state index contributed by atoms with van der Waals surface area (Å²) in [7, 11) is 4.10. The third-order valence-corrected chi connectivity index (χ3v) is 7.19. The molecule has 0 aliphatic carbocycles. The number of piperazine rings is 1. The molecule has 2 aromatic rings. The highest BCUT2D eigenvalue weighted by molar-refractivity contribution is 6.04. The SMILES string of the molecule is CN1CCN(C[C@@H]2CO[C@@]3(CCCN(C(=O)c4nn(C)c5ccccc45)C3)C2)CC1. The minimum absolute atomic E-state index is 0.0389. The molecule has 0 saturated carbocycles. The predicted molar refractivity (Wildman–Crippen MR) is 117 cm³/mol. The first-order valence-electron chi connectivity index (χ1n) is 11.3. The summed E-state index contributed by atoms with van der Waals surface area (Å²) in [5, 5.41) is 5.49. The lowest BCUT2D eigenvalue weighted by Crippen LogP contribution is -2.50. The maximum absolute atomic E-state index is 13.4. The zero-order chi connectivity index (χ0) is 20.7. The lowest BCUT2D eigenvalue weighted by atomic mass is 9.86. The van der Waals surface area contributed by atoms with Crippen LogP contribution in [0.4, 0.5) is 0 Å². The molecule has 1 spiro atoms. The van der Waals surface area contributed by atoms with Gasteiger partial charge in [0, 0.05) is 51.7 Å². The van der Waals surface area contributed by atoms with Crippen LogP contribution in [0.25, 0.3) is 10.9 Å². The molecular weight excluding hydrogens is 378 g/mol. The summed E-state index contributed by atoms with van der Waals surface area (Å²) in [6.07, 6.45) is 3.11. The second-order valence-electron chi connectivity index (χ2n) is 9.49. The van der Waals surface area contributed by atoms with Gasteiger partial charge >= 0.3 is 0 Å². The van der Waals surface area contributed by atoms with Crippen LogP contribution < -0.4 is 0 Å². The number of fused-ring (bicyclic) bond motifs is 1. The van der Waals surface area contributed by atoms with Crippen molar-refractivity contribution in [3.05, 3.63) is 30.0 Å². The summed E-state index contributed by atoms with van der Waals surface area (Å²) in [5.74, 6) is 0.608. The Bertz CT molecular complexity index is 919. The van der Waals surface area contributed by atoms with E-state index >= 15 is 0 Å². The third kappa shape index (κ3) is 3.74. The molecule has 3 aliphatic heterocycles. The fourth-order valence-electron chi connectivity index (χ4n) is 5.53. The number of para-hydroxylation sites is 1. The Hall–Kier alpha value is -1.96. The van der Waals surface area contributed by atoms with Crippen molar-refractivity contribution in [1.82, 2.24) is 24.5 Å². The number of hydrogen-bond donors (Lipinski definition) is 0. The van der Waals surface area contributed by atoms with Crippen LogP contribution in [0, 0.1) is 5.92 Å². The second kappa shape index (κ2) is 7.94. The highest BCUT2D eigenvalue weighted by atomic mass is 16.5. The fourth-order valence-corrected chi connectivity index (χ4v) is 5.53. The van der Waals surface area contributed by atoms with E-state index in [0.717, 1.165) is 76.0 Å². The molecule has 7 heteroatoms. The Morgan fingerprint density at radius 2 is 1.97 bits per heavy atom. The normalized spacial score (nSPS) is 28.6. The van der Waals surface area contributed by atoms with Crippen molar-refractivity contribution in [1.29, 1.82) is 0 Å². The van der Waals surface area contributed by atoms with Crippen molar-refractivity contribution in [2.45, 2.75) is 24.9 Å². The summed E-state index contributed by atoms with van der Waals surface area (Å²) >= 11 is 0. The maximum Gasteiger partial charge on any atom is 0.275 e. The van der Waals surface area contributed by atoms with Gasteiger partial charge in [0.1, 0.15) is 0 Å². The Morgan fingerprint density at radius 1 is 1.17 bits per heavy atom. The van der Waals surface area contributed by atoms with Crippen LogP contribution in [0.15, 0.2) is 24.3 Å². The van der Waals surface area contributed by atoms with Gasteiger partial charge in [-0.1, -0.05) is 18.2 Å². The molecule has 1 aromatic carbocycles. The summed E-state index contributed by atoms with van der Waals surface area (Å²) in [6, 6.07) is 7.97. The monoisotopic (exact) mass is 411 g/mol. The van der Waals surface area contributed by atoms with Crippen LogP contribution in [0.3, 0.4) is 0 Å². The average Bonchev–Trinajstić information content (AvgIpc) is 3.30. The molecule has 162 valence electrons. The van der Waals surface area contributed by atoms with Gasteiger partial charge in [0.2, 0.25) is 0 Å². The first-order valence-corrected chi connectivity index (χ1v) is 11.3. The van der Waals surface area contributed by atoms with Gasteiger partial charge in [-0.25, -0.2) is 0 Å². The number of likely N-dealkylation sites (tertiary alicyclic amines) is 1. The Balaban J connectivity index is 1.26. The van der Waals surface area contributed by atoms with Gasteiger partial charge in [-0.05, 0) is 38.3 Å². The summed E-state index contributed by atoms with van der Waals surface area (Å²) in [4.78, 5) is 20.3. The van der Waals surface area contributed by atoms with E-state index in [-0.39, 0.29) is 11.5 Å². The lowest BCUT2D eigenvalue weighted by molar-refractivity contribution is -0.0451. The Kier molecular flexibility index (Phi) is 5.29. The quantitative estimate of drug-likeness (QED) is 0.771. The van der Waals surface area contributed by atoms with Crippen LogP contribution in [0.2, 0.25) is 0 Å². The number of hydrogen-bond acceptors (Lipinski definition) is 5. The number of carbonyl (C=O) groups is 1. The Morgan fingerprint density at radius 3 is 2.80 bits per heavy atom. The van der Waals surface area contributed by atoms with E-state index in [2.05, 4.69) is 21.9 Å². The molecular formula is C23H33N5O2. The Labute approximate surface area is 178 Å². The molecule has 0 bridgehead atoms. The van der Waals surface area contributed by atoms with E-state index in [1.165, 1.54) is 0 Å². The van der Waals surface area contributed by atoms with E-state index in [9.17, 15) is 4.79 Å². The summed E-state index contributed by atoms with van der Waals surface area (Å²) < 4.78 is 8.22. The summed E-state index contributed by atoms with van der Waals surface area (Å²) in [5.41, 5.74) is 1.39. The van der Waals surface area contributed by atoms with Crippen molar-refractivity contribution in [3.63, 3.8) is 0 Å². The number of amides is 1. The van der Waals surface area contributed by atoms with Gasteiger partial charge in [-0.2, -0.15) is 5.10 Å². The molecule has 5 rings (SSSR count). The van der Waals surface area contributed by atoms with Crippen LogP contribution in [-0.2, 0) is 11.8 Å². The fraction of sp³-hybridized carbons (Fsp3) is 0.652. The summed E-state index contributed by atoms with van der Waals surface area (Å²) in [6.45, 7) is 8.02. The topological polar surface area (TPSA) is 53.8 Å². The molecule has 7 nitrogen and oxygen atoms in total. The third-order valence-electron chi connectivity index (χ3n) is 7.19. The number of benzene rings is 1. The van der Waals surface area contributed by atoms with Crippen molar-refractivity contribution in [2.75, 3.05) is 59.5 Å². The number of carbonyl (C=O) groups excluding carboxylic acids is 1. The minimum atomic E-state index is -0.171. The number of aromatic nitrogens is 2. The van der Waals surface area contributed by atoms with Crippen LogP contribution in [0.5, 0.6) is 0 Å². The van der Waals surface area contributed by atoms with E-state index < -0.39 is 0 Å². The molecule has 0 radical (unpaired) electrons. The average molecular weight is 412 g/mol. The lowest BCUT2D eigenvalue weighted by Gasteiger charge is -2.40. The molecule has 3 fully saturated rings. The molecule has 3 saturated heterocycles. The molecule has 0 unspecified atom stereocenters. The van der Waals surface area contributed by atoms with Gasteiger partial charge in [0.25, 0.3) is 5.91 Å². The number of nitrogens with zero attached hydrogens (tertiary/aromatic N) is 5. The molecule has 1 aromatic heterocycles. The number of ether oxygens (including phenoxy) is 1. The van der Waals surface area contributed by atoms with Gasteiger partial charge < -0.3 is 19.4 Å². The second-order valence-corrected chi connectivity index (χ2v) is 9.49. The van der Waals surface area contributed by atoms with Crippen molar-refractivity contribution < 1.29 is 9.53 Å². The highest BCUT2D eigenvalue weighted by Gasteiger charge is 2.45. The maximum atomic E-state index is 13.4. The molecule has 4 heterocycles. The van der Waals surface area contributed by atoms with Crippen molar-refractivity contribution in [3.8, 4) is 0 Å². The minimum Gasteiger partial charge on any atom is -0.373 e. The van der Waals surface area contributed by atoms with Gasteiger partial charge in [0.15, 0.2) is 5.69 Å².